The molecular formula is C10H7F3O5. The number of rotatable bonds is 3. The standard InChI is InChI=1S/C10H7F3O5/c11-10(12,13)6-3-1-5(2-4-6)9(18,7(14)15)8(16)17/h1-4,18H,(H,14,15)(H,16,17). The molecule has 0 fully saturated rings. The van der Waals surface area contributed by atoms with Crippen molar-refractivity contribution in [3.8, 4) is 0 Å². The average Bonchev–Trinajstić information content (AvgIpc) is 2.26. The zero-order valence-corrected chi connectivity index (χ0v) is 8.60. The molecule has 0 amide bonds. The van der Waals surface area contributed by atoms with Gasteiger partial charge in [0, 0.05) is 5.56 Å². The molecule has 0 heterocycles. The predicted octanol–water partition coefficient (Wildman–Crippen LogP) is 1.06. The maximum atomic E-state index is 12.2. The van der Waals surface area contributed by atoms with Crippen LogP contribution in [0.15, 0.2) is 24.3 Å². The number of benzene rings is 1. The molecule has 0 bridgehead atoms. The summed E-state index contributed by atoms with van der Waals surface area (Å²) >= 11 is 0. The molecule has 0 unspecified atom stereocenters. The lowest BCUT2D eigenvalue weighted by atomic mass is 9.93. The van der Waals surface area contributed by atoms with Crippen molar-refractivity contribution < 1.29 is 38.1 Å². The zero-order valence-electron chi connectivity index (χ0n) is 8.60. The predicted molar refractivity (Wildman–Crippen MR) is 50.6 cm³/mol. The van der Waals surface area contributed by atoms with Gasteiger partial charge in [0.25, 0.3) is 5.60 Å². The molecule has 0 saturated heterocycles. The molecular weight excluding hydrogens is 257 g/mol. The van der Waals surface area contributed by atoms with E-state index in [1.807, 2.05) is 0 Å². The van der Waals surface area contributed by atoms with Gasteiger partial charge in [-0.15, -0.1) is 0 Å². The first-order valence-electron chi connectivity index (χ1n) is 4.47. The van der Waals surface area contributed by atoms with Crippen LogP contribution in [-0.4, -0.2) is 27.3 Å². The molecule has 0 aliphatic carbocycles. The number of hydrogen-bond acceptors (Lipinski definition) is 3. The summed E-state index contributed by atoms with van der Waals surface area (Å²) in [5.74, 6) is -4.18. The minimum atomic E-state index is -4.64. The topological polar surface area (TPSA) is 94.8 Å². The van der Waals surface area contributed by atoms with Gasteiger partial charge in [0.15, 0.2) is 0 Å². The monoisotopic (exact) mass is 264 g/mol. The highest BCUT2D eigenvalue weighted by Crippen LogP contribution is 2.31. The van der Waals surface area contributed by atoms with E-state index in [0.717, 1.165) is 0 Å². The third-order valence-corrected chi connectivity index (χ3v) is 2.25. The van der Waals surface area contributed by atoms with Crippen LogP contribution in [0.25, 0.3) is 0 Å². The molecule has 1 aromatic rings. The molecule has 0 aliphatic rings. The van der Waals surface area contributed by atoms with E-state index >= 15 is 0 Å². The Hall–Kier alpha value is -2.09. The zero-order chi connectivity index (χ0) is 14.1. The highest BCUT2D eigenvalue weighted by atomic mass is 19.4. The van der Waals surface area contributed by atoms with Crippen LogP contribution < -0.4 is 0 Å². The van der Waals surface area contributed by atoms with Gasteiger partial charge in [-0.05, 0) is 12.1 Å². The molecule has 0 radical (unpaired) electrons. The lowest BCUT2D eigenvalue weighted by Crippen LogP contribution is -2.43. The number of aliphatic carboxylic acids is 2. The molecule has 5 nitrogen and oxygen atoms in total. The minimum Gasteiger partial charge on any atom is -0.478 e. The van der Waals surface area contributed by atoms with Crippen molar-refractivity contribution in [2.24, 2.45) is 0 Å². The van der Waals surface area contributed by atoms with Crippen LogP contribution in [0.3, 0.4) is 0 Å². The van der Waals surface area contributed by atoms with Crippen LogP contribution in [0.1, 0.15) is 11.1 Å². The second-order valence-corrected chi connectivity index (χ2v) is 3.40. The highest BCUT2D eigenvalue weighted by Gasteiger charge is 2.47. The summed E-state index contributed by atoms with van der Waals surface area (Å²) in [7, 11) is 0. The van der Waals surface area contributed by atoms with Gasteiger partial charge in [-0.3, -0.25) is 0 Å². The Morgan fingerprint density at radius 1 is 0.889 bits per heavy atom. The molecule has 18 heavy (non-hydrogen) atoms. The summed E-state index contributed by atoms with van der Waals surface area (Å²) in [5, 5.41) is 26.7. The fraction of sp³-hybridized carbons (Fsp3) is 0.200. The lowest BCUT2D eigenvalue weighted by molar-refractivity contribution is -0.177. The number of hydrogen-bond donors (Lipinski definition) is 3. The summed E-state index contributed by atoms with van der Waals surface area (Å²) in [6.07, 6.45) is -4.64. The summed E-state index contributed by atoms with van der Waals surface area (Å²) in [5.41, 5.74) is -5.02. The largest absolute Gasteiger partial charge is 0.478 e. The first kappa shape index (κ1) is 14.0. The van der Waals surface area contributed by atoms with Gasteiger partial charge in [-0.2, -0.15) is 13.2 Å². The number of halogens is 3. The number of alkyl halides is 3. The van der Waals surface area contributed by atoms with Gasteiger partial charge < -0.3 is 15.3 Å². The van der Waals surface area contributed by atoms with Crippen LogP contribution in [0.4, 0.5) is 13.2 Å². The van der Waals surface area contributed by atoms with E-state index in [9.17, 15) is 27.9 Å². The molecule has 1 rings (SSSR count). The Bertz CT molecular complexity index is 463. The van der Waals surface area contributed by atoms with Crippen molar-refractivity contribution in [1.82, 2.24) is 0 Å². The average molecular weight is 264 g/mol. The Morgan fingerprint density at radius 2 is 1.22 bits per heavy atom. The van der Waals surface area contributed by atoms with E-state index < -0.39 is 34.8 Å². The molecule has 1 aromatic carbocycles. The number of aliphatic hydroxyl groups is 1. The summed E-state index contributed by atoms with van der Waals surface area (Å²) < 4.78 is 36.7. The highest BCUT2D eigenvalue weighted by molar-refractivity contribution is 6.02. The molecule has 3 N–H and O–H groups in total. The smallest absolute Gasteiger partial charge is 0.416 e. The Balaban J connectivity index is 3.26. The number of carboxylic acid groups (broad SMARTS) is 2. The first-order valence-corrected chi connectivity index (χ1v) is 4.47. The van der Waals surface area contributed by atoms with Gasteiger partial charge in [-0.25, -0.2) is 9.59 Å². The van der Waals surface area contributed by atoms with Gasteiger partial charge in [-0.1, -0.05) is 12.1 Å². The summed E-state index contributed by atoms with van der Waals surface area (Å²) in [6, 6.07) is 2.19. The van der Waals surface area contributed by atoms with Crippen LogP contribution in [0, 0.1) is 0 Å². The van der Waals surface area contributed by atoms with Gasteiger partial charge in [0.05, 0.1) is 5.56 Å². The van der Waals surface area contributed by atoms with E-state index in [4.69, 9.17) is 10.2 Å². The van der Waals surface area contributed by atoms with Gasteiger partial charge >= 0.3 is 18.1 Å². The van der Waals surface area contributed by atoms with E-state index in [1.54, 1.807) is 0 Å². The third kappa shape index (κ3) is 2.28. The Morgan fingerprint density at radius 3 is 1.50 bits per heavy atom. The molecule has 98 valence electrons. The quantitative estimate of drug-likeness (QED) is 0.709. The van der Waals surface area contributed by atoms with E-state index in [-0.39, 0.29) is 0 Å². The van der Waals surface area contributed by atoms with Crippen molar-refractivity contribution in [1.29, 1.82) is 0 Å². The maximum Gasteiger partial charge on any atom is 0.416 e. The molecule has 8 heteroatoms. The first-order chi connectivity index (χ1) is 8.10. The number of carboxylic acids is 2. The second kappa shape index (κ2) is 4.30. The normalized spacial score (nSPS) is 12.2. The fourth-order valence-electron chi connectivity index (χ4n) is 1.24. The molecule has 0 saturated carbocycles. The lowest BCUT2D eigenvalue weighted by Gasteiger charge is -2.19. The van der Waals surface area contributed by atoms with E-state index in [0.29, 0.717) is 24.3 Å². The second-order valence-electron chi connectivity index (χ2n) is 3.40. The van der Waals surface area contributed by atoms with Crippen molar-refractivity contribution in [3.05, 3.63) is 35.4 Å². The summed E-state index contributed by atoms with van der Waals surface area (Å²) in [4.78, 5) is 21.4. The van der Waals surface area contributed by atoms with Crippen LogP contribution in [0.5, 0.6) is 0 Å². The Labute approximate surface area is 98.1 Å². The minimum absolute atomic E-state index is 0.492. The van der Waals surface area contributed by atoms with Crippen molar-refractivity contribution in [2.45, 2.75) is 11.8 Å². The molecule has 0 atom stereocenters. The Kier molecular flexibility index (Phi) is 3.34. The van der Waals surface area contributed by atoms with E-state index in [1.165, 1.54) is 0 Å². The van der Waals surface area contributed by atoms with Crippen molar-refractivity contribution >= 4 is 11.9 Å². The summed E-state index contributed by atoms with van der Waals surface area (Å²) in [6.45, 7) is 0. The van der Waals surface area contributed by atoms with Crippen molar-refractivity contribution in [2.75, 3.05) is 0 Å². The van der Waals surface area contributed by atoms with Crippen LogP contribution in [-0.2, 0) is 21.4 Å². The van der Waals surface area contributed by atoms with Gasteiger partial charge in [0.1, 0.15) is 0 Å². The van der Waals surface area contributed by atoms with Crippen molar-refractivity contribution in [3.63, 3.8) is 0 Å². The fourth-order valence-corrected chi connectivity index (χ4v) is 1.24. The SMILES string of the molecule is O=C(O)C(O)(C(=O)O)c1ccc(C(F)(F)F)cc1. The maximum absolute atomic E-state index is 12.2. The number of carbonyl (C=O) groups is 2. The van der Waals surface area contributed by atoms with E-state index in [2.05, 4.69) is 0 Å². The van der Waals surface area contributed by atoms with Gasteiger partial charge in [0.2, 0.25) is 0 Å². The molecule has 0 spiro atoms. The third-order valence-electron chi connectivity index (χ3n) is 2.25. The van der Waals surface area contributed by atoms with Crippen LogP contribution >= 0.6 is 0 Å². The molecule has 0 aromatic heterocycles. The molecule has 0 aliphatic heterocycles. The van der Waals surface area contributed by atoms with Crippen LogP contribution in [0.2, 0.25) is 0 Å².